The van der Waals surface area contributed by atoms with Gasteiger partial charge in [0.2, 0.25) is 11.9 Å². The summed E-state index contributed by atoms with van der Waals surface area (Å²) in [5.41, 5.74) is 4.95. The van der Waals surface area contributed by atoms with Crippen LogP contribution in [0, 0.1) is 6.92 Å². The van der Waals surface area contributed by atoms with E-state index in [4.69, 9.17) is 10.2 Å². The zero-order valence-electron chi connectivity index (χ0n) is 27.5. The first-order valence-electron chi connectivity index (χ1n) is 16.4. The average Bonchev–Trinajstić information content (AvgIpc) is 3.63. The maximum Gasteiger partial charge on any atom is 0.267 e. The van der Waals surface area contributed by atoms with Crippen LogP contribution in [0.15, 0.2) is 59.7 Å². The van der Waals surface area contributed by atoms with Gasteiger partial charge in [-0.25, -0.2) is 15.4 Å². The van der Waals surface area contributed by atoms with Crippen molar-refractivity contribution in [1.82, 2.24) is 29.9 Å². The quantitative estimate of drug-likeness (QED) is 0.0839. The second-order valence-corrected chi connectivity index (χ2v) is 12.4. The number of aromatic nitrogens is 4. The van der Waals surface area contributed by atoms with Crippen molar-refractivity contribution < 1.29 is 19.6 Å². The van der Waals surface area contributed by atoms with Gasteiger partial charge < -0.3 is 15.5 Å². The van der Waals surface area contributed by atoms with Crippen LogP contribution in [0.2, 0.25) is 0 Å². The Morgan fingerprint density at radius 3 is 2.37 bits per heavy atom. The summed E-state index contributed by atoms with van der Waals surface area (Å²) in [6.07, 6.45) is 10.0. The number of amides is 2. The van der Waals surface area contributed by atoms with Crippen LogP contribution >= 0.6 is 0 Å². The summed E-state index contributed by atoms with van der Waals surface area (Å²) in [4.78, 5) is 67.8. The topological polar surface area (TPSA) is 175 Å². The Kier molecular flexibility index (Phi) is 10.1. The molecule has 2 fully saturated rings. The van der Waals surface area contributed by atoms with Crippen LogP contribution in [-0.2, 0) is 9.59 Å². The fourth-order valence-electron chi connectivity index (χ4n) is 6.52. The maximum atomic E-state index is 13.5. The first kappa shape index (κ1) is 33.4. The monoisotopic (exact) mass is 665 g/mol. The maximum absolute atomic E-state index is 13.5. The number of hydrogen-bond donors (Lipinski definition) is 4. The lowest BCUT2D eigenvalue weighted by Gasteiger charge is -2.35. The summed E-state index contributed by atoms with van der Waals surface area (Å²) < 4.78 is 1.69. The van der Waals surface area contributed by atoms with E-state index in [1.807, 2.05) is 12.1 Å². The number of aryl methyl sites for hydroxylation is 1. The van der Waals surface area contributed by atoms with E-state index < -0.39 is 5.91 Å². The van der Waals surface area contributed by atoms with Crippen LogP contribution < -0.4 is 26.6 Å². The molecule has 1 saturated carbocycles. The van der Waals surface area contributed by atoms with Crippen molar-refractivity contribution >= 4 is 57.8 Å². The van der Waals surface area contributed by atoms with Crippen LogP contribution in [0.5, 0.6) is 0 Å². The third-order valence-electron chi connectivity index (χ3n) is 9.07. The number of rotatable bonds is 10. The highest BCUT2D eigenvalue weighted by Crippen LogP contribution is 2.32. The number of ketones is 1. The molecule has 1 saturated heterocycles. The van der Waals surface area contributed by atoms with Crippen molar-refractivity contribution in [2.75, 3.05) is 48.3 Å². The molecule has 1 aromatic carbocycles. The summed E-state index contributed by atoms with van der Waals surface area (Å²) >= 11 is 0. The van der Waals surface area contributed by atoms with Gasteiger partial charge in [-0.3, -0.25) is 33.9 Å². The van der Waals surface area contributed by atoms with E-state index >= 15 is 0 Å². The molecule has 0 spiro atoms. The molecule has 2 amide bonds. The summed E-state index contributed by atoms with van der Waals surface area (Å²) in [5, 5.41) is 15.3. The van der Waals surface area contributed by atoms with Crippen LogP contribution in [0.4, 0.5) is 23.1 Å². The number of anilines is 4. The Morgan fingerprint density at radius 2 is 1.71 bits per heavy atom. The molecule has 254 valence electrons. The Bertz CT molecular complexity index is 1940. The van der Waals surface area contributed by atoms with Gasteiger partial charge in [0.1, 0.15) is 11.5 Å². The first-order valence-corrected chi connectivity index (χ1v) is 16.4. The van der Waals surface area contributed by atoms with Crippen molar-refractivity contribution in [3.63, 3.8) is 0 Å². The van der Waals surface area contributed by atoms with E-state index in [1.54, 1.807) is 54.2 Å². The van der Waals surface area contributed by atoms with Gasteiger partial charge in [0.25, 0.3) is 11.5 Å². The minimum Gasteiger partial charge on any atom is -0.368 e. The number of pyridine rings is 2. The van der Waals surface area contributed by atoms with Crippen molar-refractivity contribution in [2.24, 2.45) is 0 Å². The highest BCUT2D eigenvalue weighted by atomic mass is 16.5. The fourth-order valence-corrected chi connectivity index (χ4v) is 6.52. The molecular weight excluding hydrogens is 626 g/mol. The molecule has 0 radical (unpaired) electrons. The smallest absolute Gasteiger partial charge is 0.267 e. The van der Waals surface area contributed by atoms with Gasteiger partial charge in [-0.05, 0) is 68.2 Å². The Hall–Kier alpha value is -5.47. The minimum atomic E-state index is -0.620. The number of Topliss-reactive ketones (excluding diaryl/α,β-unsaturated/α-hetero) is 1. The SMILES string of the molecule is CC(=O)c1c(C)c2cnc(Nc3ccc(N4CCN(CC(=O)Nc5ccc(/C=C/C(=O)NO)cc5)CC4)cn3)nc2n(C2CCCC2)c1=O. The summed E-state index contributed by atoms with van der Waals surface area (Å²) in [6.45, 7) is 6.36. The number of benzene rings is 1. The molecule has 1 aliphatic carbocycles. The van der Waals surface area contributed by atoms with E-state index in [0.717, 1.165) is 50.0 Å². The summed E-state index contributed by atoms with van der Waals surface area (Å²) in [5.74, 6) is -0.105. The normalized spacial score (nSPS) is 15.5. The lowest BCUT2D eigenvalue weighted by Crippen LogP contribution is -2.48. The van der Waals surface area contributed by atoms with Gasteiger partial charge >= 0.3 is 0 Å². The van der Waals surface area contributed by atoms with Crippen LogP contribution in [0.3, 0.4) is 0 Å². The van der Waals surface area contributed by atoms with Crippen molar-refractivity contribution in [2.45, 2.75) is 45.6 Å². The predicted molar refractivity (Wildman–Crippen MR) is 186 cm³/mol. The Labute approximate surface area is 282 Å². The summed E-state index contributed by atoms with van der Waals surface area (Å²) in [7, 11) is 0. The van der Waals surface area contributed by atoms with Crippen LogP contribution in [0.25, 0.3) is 17.1 Å². The molecule has 4 aromatic rings. The largest absolute Gasteiger partial charge is 0.368 e. The van der Waals surface area contributed by atoms with E-state index in [1.165, 1.54) is 18.5 Å². The number of fused-ring (bicyclic) bond motifs is 1. The molecular formula is C35H39N9O5. The van der Waals surface area contributed by atoms with Gasteiger partial charge in [-0.15, -0.1) is 0 Å². The van der Waals surface area contributed by atoms with E-state index in [-0.39, 0.29) is 35.4 Å². The molecule has 6 rings (SSSR count). The highest BCUT2D eigenvalue weighted by Gasteiger charge is 2.26. The predicted octanol–water partition coefficient (Wildman–Crippen LogP) is 3.84. The van der Waals surface area contributed by atoms with Gasteiger partial charge in [-0.1, -0.05) is 25.0 Å². The molecule has 14 heteroatoms. The molecule has 49 heavy (non-hydrogen) atoms. The van der Waals surface area contributed by atoms with Crippen molar-refractivity contribution in [3.8, 4) is 0 Å². The number of nitrogens with zero attached hydrogens (tertiary/aromatic N) is 6. The molecule has 0 bridgehead atoms. The number of hydrogen-bond acceptors (Lipinski definition) is 11. The number of hydroxylamine groups is 1. The highest BCUT2D eigenvalue weighted by molar-refractivity contribution is 5.99. The van der Waals surface area contributed by atoms with Crippen molar-refractivity contribution in [3.05, 3.63) is 81.9 Å². The van der Waals surface area contributed by atoms with Crippen LogP contribution in [0.1, 0.15) is 60.1 Å². The Balaban J connectivity index is 1.05. The lowest BCUT2D eigenvalue weighted by atomic mass is 10.0. The van der Waals surface area contributed by atoms with Gasteiger partial charge in [-0.2, -0.15) is 4.98 Å². The zero-order chi connectivity index (χ0) is 34.5. The van der Waals surface area contributed by atoms with Crippen molar-refractivity contribution in [1.29, 1.82) is 0 Å². The molecule has 0 atom stereocenters. The number of carbonyl (C=O) groups excluding carboxylic acids is 3. The average molecular weight is 666 g/mol. The molecule has 14 nitrogen and oxygen atoms in total. The summed E-state index contributed by atoms with van der Waals surface area (Å²) in [6, 6.07) is 10.9. The number of nitrogens with one attached hydrogen (secondary N) is 3. The van der Waals surface area contributed by atoms with Gasteiger partial charge in [0.15, 0.2) is 5.78 Å². The minimum absolute atomic E-state index is 0.000602. The molecule has 4 heterocycles. The molecule has 0 unspecified atom stereocenters. The third-order valence-corrected chi connectivity index (χ3v) is 9.07. The Morgan fingerprint density at radius 1 is 0.980 bits per heavy atom. The molecule has 2 aliphatic rings. The van der Waals surface area contributed by atoms with Crippen LogP contribution in [-0.4, -0.2) is 79.9 Å². The third kappa shape index (κ3) is 7.66. The van der Waals surface area contributed by atoms with E-state index in [0.29, 0.717) is 47.1 Å². The number of piperazine rings is 1. The van der Waals surface area contributed by atoms with Gasteiger partial charge in [0, 0.05) is 55.6 Å². The molecule has 1 aliphatic heterocycles. The van der Waals surface area contributed by atoms with E-state index in [9.17, 15) is 19.2 Å². The second-order valence-electron chi connectivity index (χ2n) is 12.4. The van der Waals surface area contributed by atoms with Gasteiger partial charge in [0.05, 0.1) is 24.0 Å². The second kappa shape index (κ2) is 14.7. The first-order chi connectivity index (χ1) is 23.7. The number of carbonyl (C=O) groups is 3. The standard InChI is InChI=1S/C35H39N9O5/c1-22-28-20-37-35(40-33(28)44(26-5-3-4-6-26)34(48)32(22)23(2)45)39-29-13-12-27(19-36-29)43-17-15-42(16-18-43)21-31(47)38-25-10-7-24(8-11-25)9-14-30(46)41-49/h7-14,19-20,26,49H,3-6,15-18,21H2,1-2H3,(H,38,47)(H,41,46)(H,36,37,39,40)/b14-9+. The molecule has 3 aromatic heterocycles. The van der Waals surface area contributed by atoms with E-state index in [2.05, 4.69) is 30.4 Å². The lowest BCUT2D eigenvalue weighted by molar-refractivity contribution is -0.124. The molecule has 4 N–H and O–H groups in total. The zero-order valence-corrected chi connectivity index (χ0v) is 27.5. The fraction of sp³-hybridized carbons (Fsp3) is 0.343.